The van der Waals surface area contributed by atoms with Crippen LogP contribution >= 0.6 is 0 Å². The molecule has 2 aliphatic heterocycles. The number of cyclic esters (lactones) is 1. The second-order valence-corrected chi connectivity index (χ2v) is 5.24. The molecule has 2 unspecified atom stereocenters. The number of esters is 1. The van der Waals surface area contributed by atoms with E-state index in [2.05, 4.69) is 0 Å². The second kappa shape index (κ2) is 5.68. The van der Waals surface area contributed by atoms with Gasteiger partial charge in [0, 0.05) is 0 Å². The van der Waals surface area contributed by atoms with Crippen molar-refractivity contribution >= 4 is 5.97 Å². The van der Waals surface area contributed by atoms with Gasteiger partial charge in [-0.3, -0.25) is 0 Å². The number of fused-ring (bicyclic) bond motifs is 1. The first-order valence-electron chi connectivity index (χ1n) is 7.02. The Hall–Kier alpha value is -2.17. The monoisotopic (exact) mass is 290 g/mol. The van der Waals surface area contributed by atoms with Crippen LogP contribution in [0.4, 0.5) is 0 Å². The quantitative estimate of drug-likeness (QED) is 0.797. The number of ether oxygens (including phenoxy) is 4. The van der Waals surface area contributed by atoms with Crippen LogP contribution in [0.1, 0.15) is 18.9 Å². The molecule has 1 aromatic carbocycles. The number of aryl methyl sites for hydroxylation is 1. The molecule has 0 amide bonds. The molecule has 0 aliphatic carbocycles. The molecule has 0 spiro atoms. The molecule has 21 heavy (non-hydrogen) atoms. The van der Waals surface area contributed by atoms with Crippen LogP contribution in [-0.4, -0.2) is 26.0 Å². The van der Waals surface area contributed by atoms with Crippen molar-refractivity contribution in [3.63, 3.8) is 0 Å². The summed E-state index contributed by atoms with van der Waals surface area (Å²) in [6, 6.07) is 5.90. The molecule has 0 radical (unpaired) electrons. The van der Waals surface area contributed by atoms with Gasteiger partial charge >= 0.3 is 5.97 Å². The molecule has 0 aromatic heterocycles. The van der Waals surface area contributed by atoms with Crippen LogP contribution in [-0.2, 0) is 20.7 Å². The van der Waals surface area contributed by atoms with Gasteiger partial charge in [-0.2, -0.15) is 0 Å². The number of rotatable bonds is 4. The van der Waals surface area contributed by atoms with Gasteiger partial charge in [0.1, 0.15) is 11.9 Å². The van der Waals surface area contributed by atoms with E-state index in [-0.39, 0.29) is 24.8 Å². The Kier molecular flexibility index (Phi) is 3.73. The van der Waals surface area contributed by atoms with E-state index in [1.54, 1.807) is 7.11 Å². The Bertz CT molecular complexity index is 578. The summed E-state index contributed by atoms with van der Waals surface area (Å²) in [6.45, 7) is 2.28. The zero-order chi connectivity index (χ0) is 14.8. The number of carbonyl (C=O) groups is 1. The fourth-order valence-electron chi connectivity index (χ4n) is 2.68. The molecule has 0 fully saturated rings. The SMILES string of the molecule is COC1=CC(=O)OC(CCc2ccc3c(c2)OCO3)C1C. The minimum Gasteiger partial charge on any atom is -0.500 e. The molecule has 3 rings (SSSR count). The number of hydrogen-bond acceptors (Lipinski definition) is 5. The van der Waals surface area contributed by atoms with Crippen molar-refractivity contribution in [3.05, 3.63) is 35.6 Å². The molecule has 0 saturated carbocycles. The van der Waals surface area contributed by atoms with E-state index in [1.165, 1.54) is 6.08 Å². The van der Waals surface area contributed by atoms with Crippen molar-refractivity contribution < 1.29 is 23.7 Å². The number of carbonyl (C=O) groups excluding carboxylic acids is 1. The lowest BCUT2D eigenvalue weighted by molar-refractivity contribution is -0.148. The number of methoxy groups -OCH3 is 1. The largest absolute Gasteiger partial charge is 0.500 e. The lowest BCUT2D eigenvalue weighted by Crippen LogP contribution is -2.31. The standard InChI is InChI=1S/C16H18O5/c1-10-12(21-16(17)8-14(10)18-2)5-3-11-4-6-13-15(7-11)20-9-19-13/h4,6-8,10,12H,3,5,9H2,1-2H3. The lowest BCUT2D eigenvalue weighted by atomic mass is 9.94. The number of hydrogen-bond donors (Lipinski definition) is 0. The van der Waals surface area contributed by atoms with Gasteiger partial charge in [-0.15, -0.1) is 0 Å². The third-order valence-electron chi connectivity index (χ3n) is 3.92. The van der Waals surface area contributed by atoms with Gasteiger partial charge in [0.05, 0.1) is 19.1 Å². The topological polar surface area (TPSA) is 54.0 Å². The van der Waals surface area contributed by atoms with Gasteiger partial charge in [-0.25, -0.2) is 4.79 Å². The summed E-state index contributed by atoms with van der Waals surface area (Å²) in [5, 5.41) is 0. The summed E-state index contributed by atoms with van der Waals surface area (Å²) in [5.74, 6) is 1.98. The highest BCUT2D eigenvalue weighted by Crippen LogP contribution is 2.33. The first-order chi connectivity index (χ1) is 10.2. The molecule has 5 heteroatoms. The van der Waals surface area contributed by atoms with Crippen molar-refractivity contribution in [1.82, 2.24) is 0 Å². The van der Waals surface area contributed by atoms with Crippen LogP contribution in [0.2, 0.25) is 0 Å². The van der Waals surface area contributed by atoms with Crippen LogP contribution in [0, 0.1) is 5.92 Å². The van der Waals surface area contributed by atoms with Gasteiger partial charge in [0.25, 0.3) is 0 Å². The molecular formula is C16H18O5. The van der Waals surface area contributed by atoms with Crippen LogP contribution in [0.25, 0.3) is 0 Å². The predicted octanol–water partition coefficient (Wildman–Crippen LogP) is 2.44. The summed E-state index contributed by atoms with van der Waals surface area (Å²) >= 11 is 0. The molecular weight excluding hydrogens is 272 g/mol. The third kappa shape index (κ3) is 2.82. The van der Waals surface area contributed by atoms with Gasteiger partial charge in [0.2, 0.25) is 6.79 Å². The van der Waals surface area contributed by atoms with Gasteiger partial charge in [0.15, 0.2) is 11.5 Å². The Morgan fingerprint density at radius 3 is 2.90 bits per heavy atom. The molecule has 2 heterocycles. The molecule has 2 aliphatic rings. The average molecular weight is 290 g/mol. The molecule has 0 saturated heterocycles. The minimum absolute atomic E-state index is 0.0710. The van der Waals surface area contributed by atoms with E-state index in [4.69, 9.17) is 18.9 Å². The molecule has 0 N–H and O–H groups in total. The summed E-state index contributed by atoms with van der Waals surface area (Å²) in [6.07, 6.45) is 2.80. The van der Waals surface area contributed by atoms with Crippen molar-refractivity contribution in [2.45, 2.75) is 25.9 Å². The molecule has 1 aromatic rings. The van der Waals surface area contributed by atoms with Crippen LogP contribution in [0.3, 0.4) is 0 Å². The normalized spacial score (nSPS) is 23.5. The van der Waals surface area contributed by atoms with E-state index in [9.17, 15) is 4.79 Å². The second-order valence-electron chi connectivity index (χ2n) is 5.24. The Morgan fingerprint density at radius 2 is 2.10 bits per heavy atom. The van der Waals surface area contributed by atoms with E-state index in [1.807, 2.05) is 25.1 Å². The Morgan fingerprint density at radius 1 is 1.29 bits per heavy atom. The van der Waals surface area contributed by atoms with E-state index in [0.29, 0.717) is 5.76 Å². The highest BCUT2D eigenvalue weighted by Gasteiger charge is 2.30. The first kappa shape index (κ1) is 13.8. The van der Waals surface area contributed by atoms with Crippen LogP contribution in [0.15, 0.2) is 30.0 Å². The Balaban J connectivity index is 1.65. The molecule has 5 nitrogen and oxygen atoms in total. The lowest BCUT2D eigenvalue weighted by Gasteiger charge is -2.28. The smallest absolute Gasteiger partial charge is 0.334 e. The Labute approximate surface area is 123 Å². The first-order valence-corrected chi connectivity index (χ1v) is 7.02. The van der Waals surface area contributed by atoms with Gasteiger partial charge < -0.3 is 18.9 Å². The maximum atomic E-state index is 11.5. The van der Waals surface area contributed by atoms with Crippen molar-refractivity contribution in [2.24, 2.45) is 5.92 Å². The fraction of sp³-hybridized carbons (Fsp3) is 0.438. The summed E-state index contributed by atoms with van der Waals surface area (Å²) in [4.78, 5) is 11.5. The summed E-state index contributed by atoms with van der Waals surface area (Å²) in [5.41, 5.74) is 1.14. The maximum absolute atomic E-state index is 11.5. The zero-order valence-corrected chi connectivity index (χ0v) is 12.1. The van der Waals surface area contributed by atoms with Crippen molar-refractivity contribution in [1.29, 1.82) is 0 Å². The average Bonchev–Trinajstić information content (AvgIpc) is 2.95. The highest BCUT2D eigenvalue weighted by atomic mass is 16.7. The third-order valence-corrected chi connectivity index (χ3v) is 3.92. The van der Waals surface area contributed by atoms with Crippen LogP contribution < -0.4 is 9.47 Å². The molecule has 0 bridgehead atoms. The van der Waals surface area contributed by atoms with Crippen molar-refractivity contribution in [3.8, 4) is 11.5 Å². The summed E-state index contributed by atoms with van der Waals surface area (Å²) < 4.78 is 21.3. The van der Waals surface area contributed by atoms with E-state index >= 15 is 0 Å². The molecule has 2 atom stereocenters. The fourth-order valence-corrected chi connectivity index (χ4v) is 2.68. The van der Waals surface area contributed by atoms with E-state index < -0.39 is 0 Å². The van der Waals surface area contributed by atoms with Gasteiger partial charge in [-0.1, -0.05) is 13.0 Å². The maximum Gasteiger partial charge on any atom is 0.334 e. The highest BCUT2D eigenvalue weighted by molar-refractivity contribution is 5.83. The molecule has 112 valence electrons. The van der Waals surface area contributed by atoms with Crippen molar-refractivity contribution in [2.75, 3.05) is 13.9 Å². The number of benzene rings is 1. The van der Waals surface area contributed by atoms with Crippen LogP contribution in [0.5, 0.6) is 11.5 Å². The zero-order valence-electron chi connectivity index (χ0n) is 12.1. The van der Waals surface area contributed by atoms with E-state index in [0.717, 1.165) is 29.9 Å². The van der Waals surface area contributed by atoms with Gasteiger partial charge in [-0.05, 0) is 30.5 Å². The minimum atomic E-state index is -0.333. The summed E-state index contributed by atoms with van der Waals surface area (Å²) in [7, 11) is 1.58. The predicted molar refractivity (Wildman–Crippen MR) is 75.0 cm³/mol.